The SMILES string of the molecule is Cc1ccc(CNC(=O)CN2CCCC2CCCO)cc1. The van der Waals surface area contributed by atoms with Gasteiger partial charge in [-0.25, -0.2) is 0 Å². The third-order valence-electron chi connectivity index (χ3n) is 4.15. The van der Waals surface area contributed by atoms with Gasteiger partial charge in [-0.05, 0) is 44.7 Å². The number of aryl methyl sites for hydroxylation is 1. The number of aliphatic hydroxyl groups excluding tert-OH is 1. The molecule has 1 fully saturated rings. The average molecular weight is 290 g/mol. The summed E-state index contributed by atoms with van der Waals surface area (Å²) in [5, 5.41) is 11.9. The summed E-state index contributed by atoms with van der Waals surface area (Å²) in [6, 6.07) is 8.69. The molecule has 1 aromatic rings. The van der Waals surface area contributed by atoms with E-state index in [9.17, 15) is 4.79 Å². The Kier molecular flexibility index (Phi) is 6.21. The molecule has 21 heavy (non-hydrogen) atoms. The van der Waals surface area contributed by atoms with E-state index in [1.165, 1.54) is 5.56 Å². The van der Waals surface area contributed by atoms with Crippen LogP contribution in [0.15, 0.2) is 24.3 Å². The first-order chi connectivity index (χ1) is 10.2. The molecule has 2 N–H and O–H groups in total. The fourth-order valence-electron chi connectivity index (χ4n) is 2.90. The molecule has 0 saturated carbocycles. The highest BCUT2D eigenvalue weighted by molar-refractivity contribution is 5.78. The minimum atomic E-state index is 0.0893. The van der Waals surface area contributed by atoms with Gasteiger partial charge in [-0.2, -0.15) is 0 Å². The summed E-state index contributed by atoms with van der Waals surface area (Å²) < 4.78 is 0. The lowest BCUT2D eigenvalue weighted by Crippen LogP contribution is -2.39. The van der Waals surface area contributed by atoms with Crippen molar-refractivity contribution in [3.63, 3.8) is 0 Å². The smallest absolute Gasteiger partial charge is 0.234 e. The Bertz CT molecular complexity index is 445. The van der Waals surface area contributed by atoms with Crippen LogP contribution in [0.25, 0.3) is 0 Å². The molecule has 0 radical (unpaired) electrons. The molecule has 116 valence electrons. The van der Waals surface area contributed by atoms with E-state index in [-0.39, 0.29) is 12.5 Å². The van der Waals surface area contributed by atoms with Crippen LogP contribution >= 0.6 is 0 Å². The lowest BCUT2D eigenvalue weighted by atomic mass is 10.1. The van der Waals surface area contributed by atoms with E-state index >= 15 is 0 Å². The van der Waals surface area contributed by atoms with Gasteiger partial charge in [0.2, 0.25) is 5.91 Å². The monoisotopic (exact) mass is 290 g/mol. The number of benzene rings is 1. The van der Waals surface area contributed by atoms with Gasteiger partial charge < -0.3 is 10.4 Å². The molecule has 4 nitrogen and oxygen atoms in total. The van der Waals surface area contributed by atoms with Gasteiger partial charge in [-0.1, -0.05) is 29.8 Å². The molecule has 1 aromatic carbocycles. The molecule has 0 aromatic heterocycles. The Balaban J connectivity index is 1.74. The predicted octanol–water partition coefficient (Wildman–Crippen LogP) is 1.85. The highest BCUT2D eigenvalue weighted by Gasteiger charge is 2.25. The number of nitrogens with one attached hydrogen (secondary N) is 1. The Labute approximate surface area is 127 Å². The van der Waals surface area contributed by atoms with E-state index in [1.807, 2.05) is 0 Å². The minimum Gasteiger partial charge on any atom is -0.396 e. The average Bonchev–Trinajstić information content (AvgIpc) is 2.91. The van der Waals surface area contributed by atoms with Crippen molar-refractivity contribution < 1.29 is 9.90 Å². The molecule has 4 heteroatoms. The molecular weight excluding hydrogens is 264 g/mol. The normalized spacial score (nSPS) is 18.9. The minimum absolute atomic E-state index is 0.0893. The van der Waals surface area contributed by atoms with Gasteiger partial charge >= 0.3 is 0 Å². The zero-order valence-corrected chi connectivity index (χ0v) is 12.8. The number of nitrogens with zero attached hydrogens (tertiary/aromatic N) is 1. The van der Waals surface area contributed by atoms with Crippen LogP contribution < -0.4 is 5.32 Å². The summed E-state index contributed by atoms with van der Waals surface area (Å²) in [5.41, 5.74) is 2.36. The Morgan fingerprint density at radius 2 is 2.14 bits per heavy atom. The third-order valence-corrected chi connectivity index (χ3v) is 4.15. The number of likely N-dealkylation sites (tertiary alicyclic amines) is 1. The van der Waals surface area contributed by atoms with Gasteiger partial charge in [-0.15, -0.1) is 0 Å². The van der Waals surface area contributed by atoms with Crippen LogP contribution in [0.5, 0.6) is 0 Å². The maximum Gasteiger partial charge on any atom is 0.234 e. The van der Waals surface area contributed by atoms with Crippen LogP contribution in [0, 0.1) is 6.92 Å². The number of carbonyl (C=O) groups is 1. The molecule has 0 bridgehead atoms. The quantitative estimate of drug-likeness (QED) is 0.806. The fourth-order valence-corrected chi connectivity index (χ4v) is 2.90. The van der Waals surface area contributed by atoms with E-state index in [0.717, 1.165) is 37.8 Å². The summed E-state index contributed by atoms with van der Waals surface area (Å²) in [7, 11) is 0. The number of carbonyl (C=O) groups excluding carboxylic acids is 1. The second kappa shape index (κ2) is 8.15. The van der Waals surface area contributed by atoms with Crippen molar-refractivity contribution >= 4 is 5.91 Å². The van der Waals surface area contributed by atoms with E-state index in [2.05, 4.69) is 41.4 Å². The van der Waals surface area contributed by atoms with Gasteiger partial charge in [0.15, 0.2) is 0 Å². The van der Waals surface area contributed by atoms with Crippen molar-refractivity contribution in [3.05, 3.63) is 35.4 Å². The summed E-state index contributed by atoms with van der Waals surface area (Å²) >= 11 is 0. The Morgan fingerprint density at radius 1 is 1.38 bits per heavy atom. The number of rotatable bonds is 7. The molecule has 1 atom stereocenters. The van der Waals surface area contributed by atoms with Crippen molar-refractivity contribution in [3.8, 4) is 0 Å². The van der Waals surface area contributed by atoms with Crippen molar-refractivity contribution in [1.29, 1.82) is 0 Å². The van der Waals surface area contributed by atoms with Gasteiger partial charge in [0.05, 0.1) is 6.54 Å². The Hall–Kier alpha value is -1.39. The summed E-state index contributed by atoms with van der Waals surface area (Å²) in [6.07, 6.45) is 4.11. The third kappa shape index (κ3) is 5.14. The fraction of sp³-hybridized carbons (Fsp3) is 0.588. The molecule has 0 aliphatic carbocycles. The summed E-state index contributed by atoms with van der Waals surface area (Å²) in [4.78, 5) is 14.3. The zero-order chi connectivity index (χ0) is 15.1. The molecule has 2 rings (SSSR count). The highest BCUT2D eigenvalue weighted by atomic mass is 16.3. The molecule has 1 amide bonds. The molecule has 1 unspecified atom stereocenters. The van der Waals surface area contributed by atoms with E-state index < -0.39 is 0 Å². The summed E-state index contributed by atoms with van der Waals surface area (Å²) in [5.74, 6) is 0.0893. The van der Waals surface area contributed by atoms with Crippen molar-refractivity contribution in [2.45, 2.75) is 45.2 Å². The van der Waals surface area contributed by atoms with Crippen LogP contribution in [0.4, 0.5) is 0 Å². The second-order valence-electron chi connectivity index (χ2n) is 5.89. The van der Waals surface area contributed by atoms with Gasteiger partial charge in [0.25, 0.3) is 0 Å². The van der Waals surface area contributed by atoms with Crippen molar-refractivity contribution in [1.82, 2.24) is 10.2 Å². The van der Waals surface area contributed by atoms with Gasteiger partial charge in [-0.3, -0.25) is 9.69 Å². The van der Waals surface area contributed by atoms with E-state index in [1.54, 1.807) is 0 Å². The first-order valence-electron chi connectivity index (χ1n) is 7.86. The van der Waals surface area contributed by atoms with E-state index in [0.29, 0.717) is 19.1 Å². The van der Waals surface area contributed by atoms with Crippen molar-refractivity contribution in [2.75, 3.05) is 19.7 Å². The van der Waals surface area contributed by atoms with Gasteiger partial charge in [0.1, 0.15) is 0 Å². The number of hydrogen-bond donors (Lipinski definition) is 2. The predicted molar refractivity (Wildman–Crippen MR) is 83.9 cm³/mol. The number of hydrogen-bond acceptors (Lipinski definition) is 3. The molecule has 0 spiro atoms. The molecule has 1 aliphatic rings. The lowest BCUT2D eigenvalue weighted by molar-refractivity contribution is -0.122. The first kappa shape index (κ1) is 16.0. The van der Waals surface area contributed by atoms with Gasteiger partial charge in [0, 0.05) is 19.2 Å². The highest BCUT2D eigenvalue weighted by Crippen LogP contribution is 2.20. The number of aliphatic hydroxyl groups is 1. The second-order valence-corrected chi connectivity index (χ2v) is 5.89. The van der Waals surface area contributed by atoms with Crippen LogP contribution in [0.3, 0.4) is 0 Å². The molecule has 1 aliphatic heterocycles. The van der Waals surface area contributed by atoms with E-state index in [4.69, 9.17) is 5.11 Å². The topological polar surface area (TPSA) is 52.6 Å². The maximum atomic E-state index is 12.1. The zero-order valence-electron chi connectivity index (χ0n) is 12.8. The lowest BCUT2D eigenvalue weighted by Gasteiger charge is -2.23. The largest absolute Gasteiger partial charge is 0.396 e. The van der Waals surface area contributed by atoms with Crippen LogP contribution in [0.2, 0.25) is 0 Å². The number of amides is 1. The van der Waals surface area contributed by atoms with Crippen LogP contribution in [-0.2, 0) is 11.3 Å². The standard InChI is InChI=1S/C17H26N2O2/c1-14-6-8-15(9-7-14)12-18-17(21)13-19-10-2-4-16(19)5-3-11-20/h6-9,16,20H,2-5,10-13H2,1H3,(H,18,21). The van der Waals surface area contributed by atoms with Crippen LogP contribution in [-0.4, -0.2) is 41.7 Å². The van der Waals surface area contributed by atoms with Crippen molar-refractivity contribution in [2.24, 2.45) is 0 Å². The van der Waals surface area contributed by atoms with Crippen LogP contribution in [0.1, 0.15) is 36.8 Å². The first-order valence-corrected chi connectivity index (χ1v) is 7.86. The summed E-state index contributed by atoms with van der Waals surface area (Å²) in [6.45, 7) is 4.36. The molecule has 1 heterocycles. The Morgan fingerprint density at radius 3 is 2.86 bits per heavy atom. The maximum absolute atomic E-state index is 12.1. The molecule has 1 saturated heterocycles. The molecular formula is C17H26N2O2.